The predicted octanol–water partition coefficient (Wildman–Crippen LogP) is 1.84. The summed E-state index contributed by atoms with van der Waals surface area (Å²) >= 11 is 0. The van der Waals surface area contributed by atoms with E-state index in [1.54, 1.807) is 19.2 Å². The molecule has 1 fully saturated rings. The van der Waals surface area contributed by atoms with Gasteiger partial charge in [-0.2, -0.15) is 0 Å². The van der Waals surface area contributed by atoms with Crippen molar-refractivity contribution in [2.75, 3.05) is 25.5 Å². The summed E-state index contributed by atoms with van der Waals surface area (Å²) in [6, 6.07) is 13.5. The molecule has 9 heteroatoms. The maximum atomic E-state index is 13.2. The Morgan fingerprint density at radius 1 is 1.04 bits per heavy atom. The van der Waals surface area contributed by atoms with Gasteiger partial charge in [0.25, 0.3) is 5.91 Å². The zero-order valence-corrected chi connectivity index (χ0v) is 16.3. The first-order chi connectivity index (χ1) is 13.4. The molecule has 0 radical (unpaired) electrons. The van der Waals surface area contributed by atoms with Crippen LogP contribution in [-0.2, 0) is 14.6 Å². The molecule has 1 aliphatic rings. The highest BCUT2D eigenvalue weighted by Crippen LogP contribution is 2.34. The van der Waals surface area contributed by atoms with Crippen LogP contribution in [0.1, 0.15) is 12.8 Å². The maximum absolute atomic E-state index is 13.2. The lowest BCUT2D eigenvalue weighted by Gasteiger charge is -2.34. The maximum Gasteiger partial charge on any atom is 0.265 e. The van der Waals surface area contributed by atoms with Gasteiger partial charge >= 0.3 is 0 Å². The van der Waals surface area contributed by atoms with Crippen LogP contribution in [0.5, 0.6) is 5.75 Å². The molecule has 0 bridgehead atoms. The first kappa shape index (κ1) is 20.1. The largest absolute Gasteiger partial charge is 0.497 e. The molecule has 3 rings (SSSR count). The highest BCUT2D eigenvalue weighted by Gasteiger charge is 2.51. The minimum Gasteiger partial charge on any atom is -0.497 e. The van der Waals surface area contributed by atoms with Gasteiger partial charge in [-0.05, 0) is 74.5 Å². The van der Waals surface area contributed by atoms with Gasteiger partial charge in [0.1, 0.15) is 5.75 Å². The Morgan fingerprint density at radius 3 is 2.07 bits per heavy atom. The number of hydroxylamine groups is 1. The normalized spacial score (nSPS) is 16.2. The van der Waals surface area contributed by atoms with Crippen molar-refractivity contribution in [3.63, 3.8) is 0 Å². The number of hydrogen-bond acceptors (Lipinski definition) is 7. The summed E-state index contributed by atoms with van der Waals surface area (Å²) in [7, 11) is -2.40. The minimum absolute atomic E-state index is 0.0401. The van der Waals surface area contributed by atoms with Gasteiger partial charge in [0.05, 0.1) is 12.0 Å². The van der Waals surface area contributed by atoms with Crippen molar-refractivity contribution >= 4 is 27.1 Å². The lowest BCUT2D eigenvalue weighted by molar-refractivity contribution is -0.132. The molecule has 1 aliphatic heterocycles. The molecule has 150 valence electrons. The van der Waals surface area contributed by atoms with Crippen molar-refractivity contribution < 1.29 is 23.2 Å². The van der Waals surface area contributed by atoms with Crippen LogP contribution in [-0.4, -0.2) is 44.5 Å². The van der Waals surface area contributed by atoms with Crippen molar-refractivity contribution in [1.29, 1.82) is 0 Å². The summed E-state index contributed by atoms with van der Waals surface area (Å²) in [5, 5.41) is 15.3. The summed E-state index contributed by atoms with van der Waals surface area (Å²) in [5.74, 6) is -0.157. The molecule has 0 spiro atoms. The number of piperidine rings is 1. The van der Waals surface area contributed by atoms with E-state index in [1.165, 1.54) is 17.6 Å². The van der Waals surface area contributed by atoms with Crippen molar-refractivity contribution in [2.45, 2.75) is 22.5 Å². The van der Waals surface area contributed by atoms with Crippen molar-refractivity contribution in [1.82, 2.24) is 10.8 Å². The number of rotatable bonds is 6. The van der Waals surface area contributed by atoms with Gasteiger partial charge in [-0.25, -0.2) is 13.9 Å². The Balaban J connectivity index is 1.85. The number of methoxy groups -OCH3 is 1. The van der Waals surface area contributed by atoms with E-state index < -0.39 is 20.5 Å². The third-order valence-electron chi connectivity index (χ3n) is 4.98. The highest BCUT2D eigenvalue weighted by molar-refractivity contribution is 7.93. The lowest BCUT2D eigenvalue weighted by Crippen LogP contribution is -2.57. The van der Waals surface area contributed by atoms with Gasteiger partial charge in [0.2, 0.25) is 0 Å². The summed E-state index contributed by atoms with van der Waals surface area (Å²) in [6.07, 6.45) is 0.182. The SMILES string of the molecule is COc1ccc(Nc2ccc(S(=O)(=O)C3(C(=O)NO)CCNCC3)cc2)cc1. The van der Waals surface area contributed by atoms with Crippen LogP contribution in [0.25, 0.3) is 0 Å². The number of anilines is 2. The van der Waals surface area contributed by atoms with Crippen LogP contribution >= 0.6 is 0 Å². The lowest BCUT2D eigenvalue weighted by atomic mass is 9.96. The third kappa shape index (κ3) is 3.68. The van der Waals surface area contributed by atoms with E-state index in [0.29, 0.717) is 18.8 Å². The Bertz CT molecular complexity index is 921. The third-order valence-corrected chi connectivity index (χ3v) is 7.50. The van der Waals surface area contributed by atoms with Gasteiger partial charge in [-0.3, -0.25) is 10.0 Å². The molecular formula is C19H23N3O5S. The number of benzene rings is 2. The number of amides is 1. The van der Waals surface area contributed by atoms with Crippen LogP contribution in [0, 0.1) is 0 Å². The first-order valence-corrected chi connectivity index (χ1v) is 10.3. The van der Waals surface area contributed by atoms with E-state index in [4.69, 9.17) is 9.94 Å². The zero-order chi connectivity index (χ0) is 20.2. The molecular weight excluding hydrogens is 382 g/mol. The molecule has 28 heavy (non-hydrogen) atoms. The molecule has 1 heterocycles. The van der Waals surface area contributed by atoms with Gasteiger partial charge in [-0.15, -0.1) is 0 Å². The standard InChI is InChI=1S/C19H23N3O5S/c1-27-16-6-2-14(3-7-16)21-15-4-8-17(9-5-15)28(25,26)19(18(23)22-24)10-12-20-13-11-19/h2-9,20-21,24H,10-13H2,1H3,(H,22,23). The average Bonchev–Trinajstić information content (AvgIpc) is 2.74. The van der Waals surface area contributed by atoms with Gasteiger partial charge in [0.15, 0.2) is 14.6 Å². The Kier molecular flexibility index (Phi) is 5.87. The summed E-state index contributed by atoms with van der Waals surface area (Å²) in [6.45, 7) is 0.757. The van der Waals surface area contributed by atoms with Crippen molar-refractivity contribution in [2.24, 2.45) is 0 Å². The van der Waals surface area contributed by atoms with E-state index in [2.05, 4.69) is 10.6 Å². The highest BCUT2D eigenvalue weighted by atomic mass is 32.2. The van der Waals surface area contributed by atoms with Crippen LogP contribution in [0.3, 0.4) is 0 Å². The molecule has 8 nitrogen and oxygen atoms in total. The molecule has 4 N–H and O–H groups in total. The number of carbonyl (C=O) groups excluding carboxylic acids is 1. The Hall–Kier alpha value is -2.62. The molecule has 2 aromatic carbocycles. The number of hydrogen-bond donors (Lipinski definition) is 4. The molecule has 0 unspecified atom stereocenters. The van der Waals surface area contributed by atoms with Crippen molar-refractivity contribution in [3.05, 3.63) is 48.5 Å². The van der Waals surface area contributed by atoms with Gasteiger partial charge < -0.3 is 15.4 Å². The van der Waals surface area contributed by atoms with E-state index >= 15 is 0 Å². The molecule has 0 aromatic heterocycles. The quantitative estimate of drug-likeness (QED) is 0.428. The first-order valence-electron chi connectivity index (χ1n) is 8.84. The van der Waals surface area contributed by atoms with E-state index in [-0.39, 0.29) is 17.7 Å². The second-order valence-electron chi connectivity index (χ2n) is 6.57. The van der Waals surface area contributed by atoms with Gasteiger partial charge in [0, 0.05) is 11.4 Å². The zero-order valence-electron chi connectivity index (χ0n) is 15.4. The fourth-order valence-corrected chi connectivity index (χ4v) is 5.31. The Labute approximate surface area is 163 Å². The number of nitrogens with one attached hydrogen (secondary N) is 3. The average molecular weight is 405 g/mol. The van der Waals surface area contributed by atoms with Crippen LogP contribution in [0.15, 0.2) is 53.4 Å². The summed E-state index contributed by atoms with van der Waals surface area (Å²) < 4.78 is 29.9. The monoisotopic (exact) mass is 405 g/mol. The van der Waals surface area contributed by atoms with Crippen LogP contribution in [0.4, 0.5) is 11.4 Å². The summed E-state index contributed by atoms with van der Waals surface area (Å²) in [5.41, 5.74) is 3.06. The fourth-order valence-electron chi connectivity index (χ4n) is 3.33. The van der Waals surface area contributed by atoms with E-state index in [0.717, 1.165) is 11.4 Å². The van der Waals surface area contributed by atoms with Crippen LogP contribution < -0.4 is 20.9 Å². The number of ether oxygens (including phenoxy) is 1. The number of carbonyl (C=O) groups is 1. The molecule has 0 aliphatic carbocycles. The van der Waals surface area contributed by atoms with Gasteiger partial charge in [-0.1, -0.05) is 0 Å². The predicted molar refractivity (Wildman–Crippen MR) is 105 cm³/mol. The summed E-state index contributed by atoms with van der Waals surface area (Å²) in [4.78, 5) is 12.3. The second-order valence-corrected chi connectivity index (χ2v) is 8.83. The second kappa shape index (κ2) is 8.17. The molecule has 1 saturated heterocycles. The number of sulfone groups is 1. The van der Waals surface area contributed by atoms with E-state index in [1.807, 2.05) is 24.3 Å². The molecule has 2 aromatic rings. The minimum atomic E-state index is -3.99. The fraction of sp³-hybridized carbons (Fsp3) is 0.316. The van der Waals surface area contributed by atoms with E-state index in [9.17, 15) is 13.2 Å². The smallest absolute Gasteiger partial charge is 0.265 e. The van der Waals surface area contributed by atoms with Crippen molar-refractivity contribution in [3.8, 4) is 5.75 Å². The molecule has 0 saturated carbocycles. The molecule has 0 atom stereocenters. The topological polar surface area (TPSA) is 117 Å². The Morgan fingerprint density at radius 2 is 1.57 bits per heavy atom. The van der Waals surface area contributed by atoms with Crippen LogP contribution in [0.2, 0.25) is 0 Å². The molecule has 1 amide bonds.